The smallest absolute Gasteiger partial charge is 0.271 e. The van der Waals surface area contributed by atoms with E-state index in [2.05, 4.69) is 20.2 Å². The van der Waals surface area contributed by atoms with Crippen molar-refractivity contribution in [2.75, 3.05) is 38.1 Å². The molecule has 31 heavy (non-hydrogen) atoms. The molecule has 1 aliphatic carbocycles. The molecule has 4 rings (SSSR count). The quantitative estimate of drug-likeness (QED) is 0.640. The van der Waals surface area contributed by atoms with Gasteiger partial charge in [-0.1, -0.05) is 6.08 Å². The summed E-state index contributed by atoms with van der Waals surface area (Å²) < 4.78 is 0. The lowest BCUT2D eigenvalue weighted by atomic mass is 10.0. The lowest BCUT2D eigenvalue weighted by Crippen LogP contribution is -2.51. The number of carbonyl (C=O) groups excluding carboxylic acids is 1. The molecule has 7 nitrogen and oxygen atoms in total. The molecule has 0 radical (unpaired) electrons. The van der Waals surface area contributed by atoms with Crippen LogP contribution in [0.15, 0.2) is 53.7 Å². The van der Waals surface area contributed by atoms with E-state index in [-0.39, 0.29) is 17.5 Å². The highest BCUT2D eigenvalue weighted by molar-refractivity contribution is 5.87. The van der Waals surface area contributed by atoms with Crippen LogP contribution in [0.1, 0.15) is 25.7 Å². The van der Waals surface area contributed by atoms with Gasteiger partial charge in [0.2, 0.25) is 5.91 Å². The molecule has 2 aromatic heterocycles. The minimum atomic E-state index is -0.0733. The van der Waals surface area contributed by atoms with E-state index >= 15 is 0 Å². The Kier molecular flexibility index (Phi) is 6.82. The molecule has 1 atom stereocenters. The number of carbonyl (C=O) groups is 1. The number of likely N-dealkylation sites (tertiary alicyclic amines) is 1. The summed E-state index contributed by atoms with van der Waals surface area (Å²) in [5, 5.41) is 3.02. The fourth-order valence-corrected chi connectivity index (χ4v) is 4.21. The first-order chi connectivity index (χ1) is 15.2. The number of H-pyrrole nitrogens is 1. The Morgan fingerprint density at radius 2 is 2.10 bits per heavy atom. The van der Waals surface area contributed by atoms with Crippen molar-refractivity contribution in [3.05, 3.63) is 59.3 Å². The topological polar surface area (TPSA) is 81.3 Å². The van der Waals surface area contributed by atoms with E-state index in [9.17, 15) is 9.59 Å². The van der Waals surface area contributed by atoms with Crippen LogP contribution >= 0.6 is 0 Å². The molecule has 0 aromatic carbocycles. The third-order valence-corrected chi connectivity index (χ3v) is 6.09. The monoisotopic (exact) mass is 421 g/mol. The summed E-state index contributed by atoms with van der Waals surface area (Å²) in [5.74, 6) is 0.677. The Bertz CT molecular complexity index is 967. The lowest BCUT2D eigenvalue weighted by Gasteiger charge is -2.40. The average Bonchev–Trinajstić information content (AvgIpc) is 3.63. The number of nitrogens with one attached hydrogen (secondary N) is 2. The molecular weight excluding hydrogens is 390 g/mol. The molecule has 164 valence electrons. The van der Waals surface area contributed by atoms with E-state index in [1.165, 1.54) is 12.8 Å². The highest BCUT2D eigenvalue weighted by Crippen LogP contribution is 2.33. The Labute approximate surface area is 183 Å². The van der Waals surface area contributed by atoms with Crippen molar-refractivity contribution in [3.63, 3.8) is 0 Å². The maximum absolute atomic E-state index is 12.9. The van der Waals surface area contributed by atoms with Crippen molar-refractivity contribution in [2.24, 2.45) is 5.92 Å². The molecule has 1 saturated carbocycles. The van der Waals surface area contributed by atoms with Gasteiger partial charge in [0.25, 0.3) is 5.56 Å². The van der Waals surface area contributed by atoms with Crippen LogP contribution in [0.5, 0.6) is 0 Å². The zero-order chi connectivity index (χ0) is 21.6. The van der Waals surface area contributed by atoms with Crippen molar-refractivity contribution < 1.29 is 4.79 Å². The summed E-state index contributed by atoms with van der Waals surface area (Å²) in [4.78, 5) is 36.7. The normalized spacial score (nSPS) is 19.0. The number of hydrogen-bond acceptors (Lipinski definition) is 5. The molecule has 2 aliphatic rings. The number of pyridine rings is 2. The number of likely N-dealkylation sites (N-methyl/N-ethyl adjacent to an activating group) is 1. The average molecular weight is 422 g/mol. The summed E-state index contributed by atoms with van der Waals surface area (Å²) in [6, 6.07) is 6.02. The fraction of sp³-hybridized carbons (Fsp3) is 0.458. The van der Waals surface area contributed by atoms with Crippen LogP contribution in [0.4, 0.5) is 5.69 Å². The molecule has 1 saturated heterocycles. The predicted octanol–water partition coefficient (Wildman–Crippen LogP) is 2.42. The molecular formula is C24H31N5O2. The number of hydrogen-bond donors (Lipinski definition) is 2. The second-order valence-corrected chi connectivity index (χ2v) is 8.47. The van der Waals surface area contributed by atoms with Crippen LogP contribution in [-0.2, 0) is 4.79 Å². The first-order valence-electron chi connectivity index (χ1n) is 11.2. The van der Waals surface area contributed by atoms with Crippen molar-refractivity contribution in [2.45, 2.75) is 31.7 Å². The van der Waals surface area contributed by atoms with Crippen molar-refractivity contribution in [1.29, 1.82) is 0 Å². The molecule has 2 fully saturated rings. The van der Waals surface area contributed by atoms with E-state index < -0.39 is 0 Å². The Morgan fingerprint density at radius 1 is 1.29 bits per heavy atom. The van der Waals surface area contributed by atoms with Crippen LogP contribution in [0.3, 0.4) is 0 Å². The van der Waals surface area contributed by atoms with Gasteiger partial charge in [0.1, 0.15) is 5.69 Å². The third kappa shape index (κ3) is 5.41. The molecule has 1 amide bonds. The van der Waals surface area contributed by atoms with E-state index in [4.69, 9.17) is 0 Å². The summed E-state index contributed by atoms with van der Waals surface area (Å²) >= 11 is 0. The summed E-state index contributed by atoms with van der Waals surface area (Å²) in [6.45, 7) is 2.96. The van der Waals surface area contributed by atoms with E-state index in [1.54, 1.807) is 24.7 Å². The van der Waals surface area contributed by atoms with Crippen LogP contribution in [0.2, 0.25) is 0 Å². The number of anilines is 1. The molecule has 2 aromatic rings. The second-order valence-electron chi connectivity index (χ2n) is 8.47. The van der Waals surface area contributed by atoms with Gasteiger partial charge in [-0.3, -0.25) is 14.6 Å². The lowest BCUT2D eigenvalue weighted by molar-refractivity contribution is -0.127. The van der Waals surface area contributed by atoms with Gasteiger partial charge in [-0.15, -0.1) is 0 Å². The van der Waals surface area contributed by atoms with Gasteiger partial charge in [0, 0.05) is 62.5 Å². The molecule has 1 aliphatic heterocycles. The molecule has 2 N–H and O–H groups in total. The maximum atomic E-state index is 12.9. The minimum absolute atomic E-state index is 0.0470. The molecule has 0 spiro atoms. The highest BCUT2D eigenvalue weighted by atomic mass is 16.2. The van der Waals surface area contributed by atoms with Gasteiger partial charge < -0.3 is 20.1 Å². The second kappa shape index (κ2) is 9.92. The Morgan fingerprint density at radius 3 is 2.84 bits per heavy atom. The first-order valence-corrected chi connectivity index (χ1v) is 11.2. The van der Waals surface area contributed by atoms with Gasteiger partial charge in [-0.05, 0) is 62.4 Å². The standard InChI is InChI=1S/C24H31N5O2/c1-25-10-2-5-23(30)28-13-3-4-21(17-28)29(16-18-6-7-18)22-14-20(15-27-24(22)31)19-8-11-26-12-9-19/h2,5,8-9,11-12,14-15,18,21,25H,3-4,6-7,10,13,16-17H2,1H3,(H,27,31)/t21-/m1/s1. The molecule has 0 bridgehead atoms. The molecule has 0 unspecified atom stereocenters. The van der Waals surface area contributed by atoms with Crippen LogP contribution < -0.4 is 15.8 Å². The highest BCUT2D eigenvalue weighted by Gasteiger charge is 2.33. The number of piperidine rings is 1. The first kappa shape index (κ1) is 21.3. The van der Waals surface area contributed by atoms with Crippen molar-refractivity contribution in [1.82, 2.24) is 20.2 Å². The van der Waals surface area contributed by atoms with Gasteiger partial charge in [-0.25, -0.2) is 0 Å². The summed E-state index contributed by atoms with van der Waals surface area (Å²) in [6.07, 6.45) is 13.1. The van der Waals surface area contributed by atoms with E-state index in [0.717, 1.165) is 37.1 Å². The fourth-order valence-electron chi connectivity index (χ4n) is 4.21. The third-order valence-electron chi connectivity index (χ3n) is 6.09. The van der Waals surface area contributed by atoms with Gasteiger partial charge in [0.15, 0.2) is 0 Å². The van der Waals surface area contributed by atoms with Crippen molar-refractivity contribution in [3.8, 4) is 11.1 Å². The van der Waals surface area contributed by atoms with Gasteiger partial charge in [0.05, 0.1) is 0 Å². The largest absolute Gasteiger partial charge is 0.362 e. The zero-order valence-electron chi connectivity index (χ0n) is 18.1. The van der Waals surface area contributed by atoms with Crippen LogP contribution in [0, 0.1) is 5.92 Å². The van der Waals surface area contributed by atoms with Gasteiger partial charge in [-0.2, -0.15) is 0 Å². The molecule has 3 heterocycles. The summed E-state index contributed by atoms with van der Waals surface area (Å²) in [5.41, 5.74) is 2.62. The maximum Gasteiger partial charge on any atom is 0.271 e. The number of aromatic amines is 1. The number of amides is 1. The number of nitrogens with zero attached hydrogens (tertiary/aromatic N) is 3. The van der Waals surface area contributed by atoms with E-state index in [0.29, 0.717) is 24.7 Å². The van der Waals surface area contributed by atoms with Crippen LogP contribution in [0.25, 0.3) is 11.1 Å². The van der Waals surface area contributed by atoms with Crippen molar-refractivity contribution >= 4 is 11.6 Å². The predicted molar refractivity (Wildman–Crippen MR) is 123 cm³/mol. The number of aromatic nitrogens is 2. The van der Waals surface area contributed by atoms with E-state index in [1.807, 2.05) is 36.2 Å². The summed E-state index contributed by atoms with van der Waals surface area (Å²) in [7, 11) is 1.86. The Balaban J connectivity index is 1.59. The van der Waals surface area contributed by atoms with Crippen LogP contribution in [-0.4, -0.2) is 60.0 Å². The molecule has 7 heteroatoms. The SMILES string of the molecule is CNCC=CC(=O)N1CCC[C@@H](N(CC2CC2)c2cc(-c3ccncc3)c[nH]c2=O)C1. The number of rotatable bonds is 8. The minimum Gasteiger partial charge on any atom is -0.362 e. The van der Waals surface area contributed by atoms with Gasteiger partial charge >= 0.3 is 0 Å². The zero-order valence-corrected chi connectivity index (χ0v) is 18.1. The Hall–Kier alpha value is -2.93.